The van der Waals surface area contributed by atoms with Crippen molar-refractivity contribution in [2.45, 2.75) is 5.92 Å². The second-order valence-corrected chi connectivity index (χ2v) is 6.39. The Labute approximate surface area is 148 Å². The lowest BCUT2D eigenvalue weighted by Crippen LogP contribution is -2.30. The molecule has 1 aromatic heterocycles. The van der Waals surface area contributed by atoms with Gasteiger partial charge in [0.1, 0.15) is 11.4 Å². The highest BCUT2D eigenvalue weighted by molar-refractivity contribution is 6.19. The fourth-order valence-corrected chi connectivity index (χ4v) is 3.75. The van der Waals surface area contributed by atoms with E-state index in [-0.39, 0.29) is 17.6 Å². The molecule has 2 heterocycles. The summed E-state index contributed by atoms with van der Waals surface area (Å²) in [5, 5.41) is 12.0. The van der Waals surface area contributed by atoms with E-state index in [9.17, 15) is 14.7 Å². The van der Waals surface area contributed by atoms with Gasteiger partial charge < -0.3 is 15.0 Å². The zero-order valence-electron chi connectivity index (χ0n) is 13.2. The molecule has 6 heteroatoms. The molecular weight excluding hydrogens is 340 g/mol. The number of carbonyl (C=O) groups is 2. The summed E-state index contributed by atoms with van der Waals surface area (Å²) in [6.07, 6.45) is 0.662. The number of aromatic hydroxyl groups is 1. The van der Waals surface area contributed by atoms with Gasteiger partial charge >= 0.3 is 0 Å². The summed E-state index contributed by atoms with van der Waals surface area (Å²) in [5.41, 5.74) is 2.31. The second-order valence-electron chi connectivity index (χ2n) is 6.09. The van der Waals surface area contributed by atoms with Crippen molar-refractivity contribution in [2.24, 2.45) is 0 Å². The molecule has 1 unspecified atom stereocenters. The summed E-state index contributed by atoms with van der Waals surface area (Å²) in [6.45, 7) is 0.431. The molecule has 1 amide bonds. The average Bonchev–Trinajstić information content (AvgIpc) is 3.26. The van der Waals surface area contributed by atoms with Crippen LogP contribution >= 0.6 is 11.6 Å². The zero-order valence-corrected chi connectivity index (χ0v) is 14.0. The molecule has 0 saturated heterocycles. The van der Waals surface area contributed by atoms with Crippen molar-refractivity contribution >= 4 is 40.3 Å². The maximum Gasteiger partial charge on any atom is 0.274 e. The fourth-order valence-electron chi connectivity index (χ4n) is 3.50. The number of rotatable bonds is 3. The number of hydrogen-bond donors (Lipinski definition) is 2. The van der Waals surface area contributed by atoms with Gasteiger partial charge in [-0.2, -0.15) is 0 Å². The number of fused-ring (bicyclic) bond motifs is 3. The highest BCUT2D eigenvalue weighted by Crippen LogP contribution is 2.45. The van der Waals surface area contributed by atoms with E-state index in [1.807, 2.05) is 24.3 Å². The van der Waals surface area contributed by atoms with E-state index in [1.165, 1.54) is 0 Å². The molecule has 0 bridgehead atoms. The van der Waals surface area contributed by atoms with Crippen LogP contribution in [0.2, 0.25) is 0 Å². The molecule has 0 radical (unpaired) electrons. The molecule has 1 atom stereocenters. The van der Waals surface area contributed by atoms with Gasteiger partial charge in [0, 0.05) is 29.8 Å². The molecular formula is C19H15ClN2O3. The molecule has 0 saturated carbocycles. The van der Waals surface area contributed by atoms with Crippen molar-refractivity contribution in [3.8, 4) is 5.75 Å². The molecule has 3 aromatic rings. The number of phenols is 1. The minimum Gasteiger partial charge on any atom is -0.507 e. The molecule has 126 valence electrons. The number of anilines is 1. The number of nitrogens with zero attached hydrogens (tertiary/aromatic N) is 1. The van der Waals surface area contributed by atoms with E-state index in [1.54, 1.807) is 23.1 Å². The Balaban J connectivity index is 1.86. The summed E-state index contributed by atoms with van der Waals surface area (Å²) in [7, 11) is 0. The lowest BCUT2D eigenvalue weighted by atomic mass is 9.95. The zero-order chi connectivity index (χ0) is 17.6. The number of hydrogen-bond acceptors (Lipinski definition) is 3. The van der Waals surface area contributed by atoms with Gasteiger partial charge in [-0.3, -0.25) is 9.59 Å². The van der Waals surface area contributed by atoms with Crippen molar-refractivity contribution in [3.63, 3.8) is 0 Å². The van der Waals surface area contributed by atoms with Crippen LogP contribution in [0.4, 0.5) is 5.69 Å². The van der Waals surface area contributed by atoms with Gasteiger partial charge in [-0.05, 0) is 23.1 Å². The van der Waals surface area contributed by atoms with Gasteiger partial charge in [-0.25, -0.2) is 0 Å². The number of aldehydes is 1. The van der Waals surface area contributed by atoms with Gasteiger partial charge in [0.2, 0.25) is 0 Å². The standard InChI is InChI=1S/C19H15ClN2O3/c20-8-11-9-22(19(25)15-6-5-12(10-23)21-15)16-7-17(24)13-3-1-2-4-14(13)18(11)16/h1-7,10-11,21,24H,8-9H2. The van der Waals surface area contributed by atoms with Gasteiger partial charge in [-0.1, -0.05) is 24.3 Å². The van der Waals surface area contributed by atoms with Crippen molar-refractivity contribution in [1.82, 2.24) is 4.98 Å². The van der Waals surface area contributed by atoms with Crippen LogP contribution in [0.15, 0.2) is 42.5 Å². The topological polar surface area (TPSA) is 73.4 Å². The molecule has 1 aliphatic heterocycles. The Bertz CT molecular complexity index is 995. The second kappa shape index (κ2) is 5.93. The number of alkyl halides is 1. The van der Waals surface area contributed by atoms with E-state index >= 15 is 0 Å². The lowest BCUT2D eigenvalue weighted by molar-refractivity contribution is 0.0984. The SMILES string of the molecule is O=Cc1ccc(C(=O)N2CC(CCl)c3c2cc(O)c2ccccc32)[nH]1. The molecule has 0 spiro atoms. The van der Waals surface area contributed by atoms with Gasteiger partial charge in [0.15, 0.2) is 6.29 Å². The quantitative estimate of drug-likeness (QED) is 0.556. The Morgan fingerprint density at radius 1 is 1.28 bits per heavy atom. The highest BCUT2D eigenvalue weighted by atomic mass is 35.5. The first-order chi connectivity index (χ1) is 12.1. The molecule has 1 aliphatic rings. The third-order valence-corrected chi connectivity index (χ3v) is 5.01. The predicted octanol–water partition coefficient (Wildman–Crippen LogP) is 3.67. The van der Waals surface area contributed by atoms with E-state index in [4.69, 9.17) is 11.6 Å². The summed E-state index contributed by atoms with van der Waals surface area (Å²) >= 11 is 6.16. The van der Waals surface area contributed by atoms with E-state index in [0.29, 0.717) is 35.8 Å². The summed E-state index contributed by atoms with van der Waals surface area (Å²) in [6, 6.07) is 12.3. The Morgan fingerprint density at radius 3 is 2.72 bits per heavy atom. The minimum absolute atomic E-state index is 0.0216. The van der Waals surface area contributed by atoms with Crippen molar-refractivity contribution in [3.05, 3.63) is 59.4 Å². The number of halogens is 1. The number of phenolic OH excluding ortho intramolecular Hbond substituents is 1. The molecule has 5 nitrogen and oxygen atoms in total. The van der Waals surface area contributed by atoms with E-state index in [0.717, 1.165) is 16.3 Å². The van der Waals surface area contributed by atoms with E-state index in [2.05, 4.69) is 4.98 Å². The van der Waals surface area contributed by atoms with Crippen LogP contribution < -0.4 is 4.90 Å². The fraction of sp³-hybridized carbons (Fsp3) is 0.158. The summed E-state index contributed by atoms with van der Waals surface area (Å²) < 4.78 is 0. The maximum absolute atomic E-state index is 12.9. The number of benzene rings is 2. The van der Waals surface area contributed by atoms with Crippen molar-refractivity contribution < 1.29 is 14.7 Å². The molecule has 0 aliphatic carbocycles. The summed E-state index contributed by atoms with van der Waals surface area (Å²) in [5.74, 6) is 0.223. The van der Waals surface area contributed by atoms with Crippen LogP contribution in [-0.2, 0) is 0 Å². The molecule has 25 heavy (non-hydrogen) atoms. The molecule has 2 aromatic carbocycles. The number of aromatic nitrogens is 1. The minimum atomic E-state index is -0.253. The first-order valence-electron chi connectivity index (χ1n) is 7.90. The lowest BCUT2D eigenvalue weighted by Gasteiger charge is -2.17. The Kier molecular flexibility index (Phi) is 3.73. The highest BCUT2D eigenvalue weighted by Gasteiger charge is 2.35. The van der Waals surface area contributed by atoms with Crippen LogP contribution in [0.3, 0.4) is 0 Å². The predicted molar refractivity (Wildman–Crippen MR) is 96.9 cm³/mol. The largest absolute Gasteiger partial charge is 0.507 e. The van der Waals surface area contributed by atoms with Crippen LogP contribution in [0.25, 0.3) is 10.8 Å². The number of aromatic amines is 1. The molecule has 2 N–H and O–H groups in total. The average molecular weight is 355 g/mol. The third-order valence-electron chi connectivity index (χ3n) is 4.64. The molecule has 4 rings (SSSR count). The van der Waals surface area contributed by atoms with Crippen LogP contribution in [0.1, 0.15) is 32.5 Å². The Hall–Kier alpha value is -2.79. The van der Waals surface area contributed by atoms with Gasteiger partial charge in [-0.15, -0.1) is 11.6 Å². The first kappa shape index (κ1) is 15.7. The van der Waals surface area contributed by atoms with Crippen molar-refractivity contribution in [2.75, 3.05) is 17.3 Å². The van der Waals surface area contributed by atoms with Crippen LogP contribution in [-0.4, -0.2) is 34.7 Å². The van der Waals surface area contributed by atoms with Gasteiger partial charge in [0.05, 0.1) is 11.4 Å². The Morgan fingerprint density at radius 2 is 2.04 bits per heavy atom. The number of amides is 1. The smallest absolute Gasteiger partial charge is 0.274 e. The van der Waals surface area contributed by atoms with E-state index < -0.39 is 0 Å². The van der Waals surface area contributed by atoms with Crippen LogP contribution in [0, 0.1) is 0 Å². The number of carbonyl (C=O) groups excluding carboxylic acids is 2. The number of H-pyrrole nitrogens is 1. The van der Waals surface area contributed by atoms with Gasteiger partial charge in [0.25, 0.3) is 5.91 Å². The normalized spacial score (nSPS) is 16.2. The molecule has 0 fully saturated rings. The van der Waals surface area contributed by atoms with Crippen LogP contribution in [0.5, 0.6) is 5.75 Å². The number of nitrogens with one attached hydrogen (secondary N) is 1. The maximum atomic E-state index is 12.9. The van der Waals surface area contributed by atoms with Crippen molar-refractivity contribution in [1.29, 1.82) is 0 Å². The summed E-state index contributed by atoms with van der Waals surface area (Å²) in [4.78, 5) is 28.2. The monoisotopic (exact) mass is 354 g/mol. The third kappa shape index (κ3) is 2.39. The first-order valence-corrected chi connectivity index (χ1v) is 8.44.